The zero-order chi connectivity index (χ0) is 33.1. The number of esters is 1. The number of nitrogens with zero attached hydrogens (tertiary/aromatic N) is 3. The summed E-state index contributed by atoms with van der Waals surface area (Å²) in [7, 11) is 0. The first-order chi connectivity index (χ1) is 22.6. The number of fused-ring (bicyclic) bond motifs is 6. The lowest BCUT2D eigenvalue weighted by Gasteiger charge is -2.35. The predicted octanol–water partition coefficient (Wildman–Crippen LogP) is 4.88. The average Bonchev–Trinajstić information content (AvgIpc) is 3.41. The van der Waals surface area contributed by atoms with Crippen molar-refractivity contribution in [1.29, 1.82) is 5.26 Å². The number of carbonyl (C=O) groups excluding carboxylic acids is 3. The van der Waals surface area contributed by atoms with Gasteiger partial charge in [-0.2, -0.15) is 5.26 Å². The highest BCUT2D eigenvalue weighted by molar-refractivity contribution is 5.92. The first-order valence-corrected chi connectivity index (χ1v) is 15.7. The molecular formula is C36H38N6O5. The van der Waals surface area contributed by atoms with Gasteiger partial charge in [0.2, 0.25) is 0 Å². The number of cyclic esters (lactones) is 1. The van der Waals surface area contributed by atoms with Crippen LogP contribution in [0.15, 0.2) is 72.9 Å². The highest BCUT2D eigenvalue weighted by Crippen LogP contribution is 2.32. The summed E-state index contributed by atoms with van der Waals surface area (Å²) in [5.74, 6) is -0.764. The molecule has 0 spiro atoms. The lowest BCUT2D eigenvalue weighted by Crippen LogP contribution is -2.59. The number of hydrogen-bond donors (Lipinski definition) is 3. The summed E-state index contributed by atoms with van der Waals surface area (Å²) in [6.07, 6.45) is 2.54. The van der Waals surface area contributed by atoms with Gasteiger partial charge in [-0.25, -0.2) is 10.2 Å². The maximum Gasteiger partial charge on any atom is 0.411 e. The Kier molecular flexibility index (Phi) is 8.98. The summed E-state index contributed by atoms with van der Waals surface area (Å²) in [4.78, 5) is 39.4. The van der Waals surface area contributed by atoms with E-state index < -0.39 is 29.6 Å². The van der Waals surface area contributed by atoms with Gasteiger partial charge in [-0.1, -0.05) is 62.4 Å². The van der Waals surface area contributed by atoms with E-state index in [0.29, 0.717) is 37.2 Å². The molecule has 4 N–H and O–H groups in total. The van der Waals surface area contributed by atoms with Crippen molar-refractivity contribution in [3.05, 3.63) is 89.6 Å². The van der Waals surface area contributed by atoms with Gasteiger partial charge in [0.05, 0.1) is 23.7 Å². The quantitative estimate of drug-likeness (QED) is 0.270. The molecule has 3 aromatic carbocycles. The van der Waals surface area contributed by atoms with Gasteiger partial charge in [-0.3, -0.25) is 19.9 Å². The van der Waals surface area contributed by atoms with Crippen molar-refractivity contribution >= 4 is 34.6 Å². The highest BCUT2D eigenvalue weighted by atomic mass is 16.5. The van der Waals surface area contributed by atoms with Crippen LogP contribution in [-0.4, -0.2) is 52.8 Å². The summed E-state index contributed by atoms with van der Waals surface area (Å²) in [5.41, 5.74) is 14.1. The first-order valence-electron chi connectivity index (χ1n) is 15.7. The second-order valence-electron chi connectivity index (χ2n) is 13.0. The second kappa shape index (κ2) is 13.3. The van der Waals surface area contributed by atoms with Crippen LogP contribution in [0.2, 0.25) is 0 Å². The van der Waals surface area contributed by atoms with Crippen LogP contribution in [0.3, 0.4) is 0 Å². The van der Waals surface area contributed by atoms with E-state index >= 15 is 0 Å². The lowest BCUT2D eigenvalue weighted by atomic mass is 9.94. The minimum absolute atomic E-state index is 0.112. The van der Waals surface area contributed by atoms with Crippen LogP contribution in [0.25, 0.3) is 22.0 Å². The zero-order valence-corrected chi connectivity index (χ0v) is 26.5. The number of carbonyl (C=O) groups is 3. The third-order valence-corrected chi connectivity index (χ3v) is 8.50. The van der Waals surface area contributed by atoms with Gasteiger partial charge in [0.1, 0.15) is 18.7 Å². The van der Waals surface area contributed by atoms with E-state index in [1.165, 1.54) is 5.01 Å². The fraction of sp³-hybridized carbons (Fsp3) is 0.333. The van der Waals surface area contributed by atoms with Crippen molar-refractivity contribution < 1.29 is 23.9 Å². The van der Waals surface area contributed by atoms with Crippen LogP contribution in [0.5, 0.6) is 0 Å². The molecule has 2 aliphatic rings. The first kappa shape index (κ1) is 31.8. The monoisotopic (exact) mass is 634 g/mol. The predicted molar refractivity (Wildman–Crippen MR) is 177 cm³/mol. The molecule has 2 aliphatic heterocycles. The third-order valence-electron chi connectivity index (χ3n) is 8.50. The standard InChI is InChI=1S/C36H38N6O5/c1-36(2)21-41-19-27(18-37)29-11-10-25(17-32(29)41)26-13-24(14-28(16-26)39-35(45)46-20-23-7-4-3-5-8-23)15-30(38)33(43)42-12-6-9-31(40-42)34(44)47-22-36/h3-5,7-8,10-11,13-14,16-17,19,30-31,40H,6,9,12,15,20-22,38H2,1-2H3,(H,39,45)/t30-,31-/m0/s1. The molecular weight excluding hydrogens is 596 g/mol. The maximum absolute atomic E-state index is 13.5. The third kappa shape index (κ3) is 7.30. The Bertz CT molecular complexity index is 1860. The Balaban J connectivity index is 1.39. The van der Waals surface area contributed by atoms with Gasteiger partial charge in [-0.05, 0) is 59.7 Å². The van der Waals surface area contributed by atoms with E-state index in [-0.39, 0.29) is 25.5 Å². The molecule has 6 rings (SSSR count). The van der Waals surface area contributed by atoms with Crippen molar-refractivity contribution in [3.8, 4) is 17.2 Å². The molecule has 3 heterocycles. The minimum Gasteiger partial charge on any atom is -0.464 e. The van der Waals surface area contributed by atoms with Gasteiger partial charge < -0.3 is 19.8 Å². The number of rotatable bonds is 3. The molecule has 2 atom stereocenters. The number of nitrogens with one attached hydrogen (secondary N) is 2. The molecule has 1 fully saturated rings. The van der Waals surface area contributed by atoms with Gasteiger partial charge in [0, 0.05) is 35.8 Å². The van der Waals surface area contributed by atoms with Crippen LogP contribution in [0.1, 0.15) is 43.4 Å². The molecule has 0 radical (unpaired) electrons. The molecule has 4 aromatic rings. The molecule has 47 heavy (non-hydrogen) atoms. The molecule has 0 saturated carbocycles. The molecule has 242 valence electrons. The van der Waals surface area contributed by atoms with Crippen LogP contribution >= 0.6 is 0 Å². The normalized spacial score (nSPS) is 19.7. The van der Waals surface area contributed by atoms with E-state index in [4.69, 9.17) is 15.2 Å². The fourth-order valence-corrected chi connectivity index (χ4v) is 6.15. The number of aromatic nitrogens is 1. The van der Waals surface area contributed by atoms with Crippen molar-refractivity contribution in [2.24, 2.45) is 11.1 Å². The lowest BCUT2D eigenvalue weighted by molar-refractivity contribution is -0.155. The molecule has 11 heteroatoms. The molecule has 0 unspecified atom stereocenters. The maximum atomic E-state index is 13.5. The van der Waals surface area contributed by atoms with Crippen LogP contribution in [0, 0.1) is 16.7 Å². The largest absolute Gasteiger partial charge is 0.464 e. The smallest absolute Gasteiger partial charge is 0.411 e. The Hall–Kier alpha value is -5.18. The number of nitrogens with two attached hydrogens (primary N) is 1. The summed E-state index contributed by atoms with van der Waals surface area (Å²) in [5, 5.41) is 15.0. The Morgan fingerprint density at radius 3 is 2.72 bits per heavy atom. The number of hydrazine groups is 1. The van der Waals surface area contributed by atoms with Gasteiger partial charge in [0.25, 0.3) is 5.91 Å². The highest BCUT2D eigenvalue weighted by Gasteiger charge is 2.33. The van der Waals surface area contributed by atoms with Gasteiger partial charge in [-0.15, -0.1) is 0 Å². The van der Waals surface area contributed by atoms with Crippen molar-refractivity contribution in [1.82, 2.24) is 15.0 Å². The number of anilines is 1. The molecule has 2 amide bonds. The zero-order valence-electron chi connectivity index (χ0n) is 26.5. The Morgan fingerprint density at radius 1 is 1.13 bits per heavy atom. The van der Waals surface area contributed by atoms with Gasteiger partial charge in [0.15, 0.2) is 0 Å². The number of benzene rings is 3. The summed E-state index contributed by atoms with van der Waals surface area (Å²) in [6, 6.07) is 21.5. The minimum atomic E-state index is -0.916. The number of ether oxygens (including phenoxy) is 2. The van der Waals surface area contributed by atoms with Crippen molar-refractivity contribution in [3.63, 3.8) is 0 Å². The molecule has 0 aliphatic carbocycles. The number of amides is 2. The van der Waals surface area contributed by atoms with Crippen LogP contribution < -0.4 is 16.5 Å². The average molecular weight is 635 g/mol. The number of nitriles is 1. The summed E-state index contributed by atoms with van der Waals surface area (Å²) >= 11 is 0. The molecule has 11 nitrogen and oxygen atoms in total. The molecule has 6 bridgehead atoms. The Morgan fingerprint density at radius 2 is 1.94 bits per heavy atom. The van der Waals surface area contributed by atoms with Gasteiger partial charge >= 0.3 is 12.1 Å². The second-order valence-corrected chi connectivity index (χ2v) is 13.0. The summed E-state index contributed by atoms with van der Waals surface area (Å²) in [6.45, 7) is 5.17. The SMILES string of the molecule is CC1(C)COC(=O)[C@@H]2CCCN(N2)C(=O)[C@@H](N)Cc2cc(NC(=O)OCc3ccccc3)cc(c2)-c2ccc3c(C#N)cn(c3c2)C1. The van der Waals surface area contributed by atoms with E-state index in [1.54, 1.807) is 6.07 Å². The van der Waals surface area contributed by atoms with Crippen molar-refractivity contribution in [2.75, 3.05) is 18.5 Å². The van der Waals surface area contributed by atoms with E-state index in [2.05, 4.69) is 16.8 Å². The molecule has 1 aromatic heterocycles. The summed E-state index contributed by atoms with van der Waals surface area (Å²) < 4.78 is 13.3. The van der Waals surface area contributed by atoms with Crippen molar-refractivity contribution in [2.45, 2.75) is 58.3 Å². The van der Waals surface area contributed by atoms with E-state index in [0.717, 1.165) is 33.2 Å². The topological polar surface area (TPSA) is 152 Å². The Labute approximate surface area is 273 Å². The number of hydrogen-bond acceptors (Lipinski definition) is 8. The fourth-order valence-electron chi connectivity index (χ4n) is 6.15. The van der Waals surface area contributed by atoms with Crippen LogP contribution in [0.4, 0.5) is 10.5 Å². The molecule has 1 saturated heterocycles. The van der Waals surface area contributed by atoms with E-state index in [9.17, 15) is 19.6 Å². The van der Waals surface area contributed by atoms with E-state index in [1.807, 2.05) is 85.3 Å². The van der Waals surface area contributed by atoms with Crippen LogP contribution in [-0.2, 0) is 38.6 Å².